The van der Waals surface area contributed by atoms with E-state index in [4.69, 9.17) is 9.52 Å². The summed E-state index contributed by atoms with van der Waals surface area (Å²) in [6, 6.07) is 6.63. The molecule has 21 heavy (non-hydrogen) atoms. The number of nitrogens with one attached hydrogen (secondary N) is 1. The molecule has 0 radical (unpaired) electrons. The van der Waals surface area contributed by atoms with Crippen molar-refractivity contribution in [3.63, 3.8) is 0 Å². The average Bonchev–Trinajstić information content (AvgIpc) is 2.46. The van der Waals surface area contributed by atoms with Crippen molar-refractivity contribution in [2.24, 2.45) is 0 Å². The molecule has 0 saturated heterocycles. The molecule has 2 aromatic rings. The molecule has 6 nitrogen and oxygen atoms in total. The van der Waals surface area contributed by atoms with Gasteiger partial charge in [0.1, 0.15) is 11.6 Å². The second-order valence-electron chi connectivity index (χ2n) is 4.62. The maximum absolute atomic E-state index is 12.0. The number of para-hydroxylation sites is 1. The summed E-state index contributed by atoms with van der Waals surface area (Å²) < 4.78 is 5.36. The summed E-state index contributed by atoms with van der Waals surface area (Å²) in [7, 11) is 0. The Balaban J connectivity index is 2.31. The van der Waals surface area contributed by atoms with Crippen molar-refractivity contribution in [2.45, 2.75) is 25.8 Å². The SMILES string of the molecule is CCC[C@@H](NC(=O)c1cc(=O)c2ccccc2o1)C(=O)O. The topological polar surface area (TPSA) is 96.6 Å². The number of carboxylic acids is 1. The van der Waals surface area contributed by atoms with Crippen molar-refractivity contribution in [3.8, 4) is 0 Å². The number of rotatable bonds is 5. The summed E-state index contributed by atoms with van der Waals surface area (Å²) in [5.41, 5.74) is -0.0538. The molecule has 0 fully saturated rings. The van der Waals surface area contributed by atoms with Crippen LogP contribution in [0.4, 0.5) is 0 Å². The minimum Gasteiger partial charge on any atom is -0.480 e. The van der Waals surface area contributed by atoms with Crippen LogP contribution in [0.25, 0.3) is 11.0 Å². The molecule has 110 valence electrons. The number of benzene rings is 1. The first-order valence-electron chi connectivity index (χ1n) is 6.59. The van der Waals surface area contributed by atoms with Crippen LogP contribution in [0.5, 0.6) is 0 Å². The van der Waals surface area contributed by atoms with E-state index in [-0.39, 0.29) is 16.8 Å². The zero-order valence-corrected chi connectivity index (χ0v) is 11.5. The minimum absolute atomic E-state index is 0.193. The van der Waals surface area contributed by atoms with Crippen molar-refractivity contribution in [1.29, 1.82) is 0 Å². The number of hydrogen-bond donors (Lipinski definition) is 2. The fourth-order valence-corrected chi connectivity index (χ4v) is 1.99. The number of hydrogen-bond acceptors (Lipinski definition) is 4. The van der Waals surface area contributed by atoms with Gasteiger partial charge in [-0.15, -0.1) is 0 Å². The number of carboxylic acid groups (broad SMARTS) is 1. The number of amides is 1. The third-order valence-corrected chi connectivity index (χ3v) is 3.04. The molecule has 1 aromatic heterocycles. The smallest absolute Gasteiger partial charge is 0.326 e. The van der Waals surface area contributed by atoms with E-state index in [1.54, 1.807) is 24.3 Å². The molecule has 0 spiro atoms. The van der Waals surface area contributed by atoms with Gasteiger partial charge in [-0.3, -0.25) is 9.59 Å². The second-order valence-corrected chi connectivity index (χ2v) is 4.62. The molecule has 1 amide bonds. The van der Waals surface area contributed by atoms with Crippen molar-refractivity contribution in [2.75, 3.05) is 0 Å². The van der Waals surface area contributed by atoms with Gasteiger partial charge >= 0.3 is 5.97 Å². The molecule has 1 atom stereocenters. The quantitative estimate of drug-likeness (QED) is 0.874. The first-order valence-corrected chi connectivity index (χ1v) is 6.59. The van der Waals surface area contributed by atoms with Crippen molar-refractivity contribution in [3.05, 3.63) is 46.3 Å². The average molecular weight is 289 g/mol. The van der Waals surface area contributed by atoms with E-state index < -0.39 is 17.9 Å². The zero-order chi connectivity index (χ0) is 15.4. The molecule has 0 aliphatic carbocycles. The molecular weight excluding hydrogens is 274 g/mol. The predicted molar refractivity (Wildman–Crippen MR) is 76.3 cm³/mol. The molecule has 2 N–H and O–H groups in total. The molecule has 0 unspecified atom stereocenters. The van der Waals surface area contributed by atoms with E-state index in [9.17, 15) is 14.4 Å². The molecule has 0 aliphatic heterocycles. The summed E-state index contributed by atoms with van der Waals surface area (Å²) >= 11 is 0. The largest absolute Gasteiger partial charge is 0.480 e. The maximum atomic E-state index is 12.0. The Morgan fingerprint density at radius 3 is 2.71 bits per heavy atom. The van der Waals surface area contributed by atoms with E-state index >= 15 is 0 Å². The molecule has 1 heterocycles. The van der Waals surface area contributed by atoms with Crippen LogP contribution in [-0.2, 0) is 4.79 Å². The third-order valence-electron chi connectivity index (χ3n) is 3.04. The summed E-state index contributed by atoms with van der Waals surface area (Å²) in [6.45, 7) is 1.82. The lowest BCUT2D eigenvalue weighted by atomic mass is 10.1. The van der Waals surface area contributed by atoms with Gasteiger partial charge in [-0.25, -0.2) is 4.79 Å². The van der Waals surface area contributed by atoms with Gasteiger partial charge in [0.2, 0.25) is 0 Å². The first-order chi connectivity index (χ1) is 10.0. The molecule has 0 aliphatic rings. The Hall–Kier alpha value is -2.63. The number of aliphatic carboxylic acids is 1. The first kappa shape index (κ1) is 14.8. The van der Waals surface area contributed by atoms with Crippen molar-refractivity contribution in [1.82, 2.24) is 5.32 Å². The standard InChI is InChI=1S/C15H15NO5/c1-2-5-10(15(19)20)16-14(18)13-8-11(17)9-6-3-4-7-12(9)21-13/h3-4,6-8,10H,2,5H2,1H3,(H,16,18)(H,19,20)/t10-/m1/s1. The van der Waals surface area contributed by atoms with Crippen LogP contribution >= 0.6 is 0 Å². The molecular formula is C15H15NO5. The van der Waals surface area contributed by atoms with Gasteiger partial charge in [0.05, 0.1) is 5.39 Å². The molecule has 0 saturated carbocycles. The highest BCUT2D eigenvalue weighted by Crippen LogP contribution is 2.12. The third kappa shape index (κ3) is 3.28. The van der Waals surface area contributed by atoms with Crippen LogP contribution in [0.1, 0.15) is 30.3 Å². The summed E-state index contributed by atoms with van der Waals surface area (Å²) in [4.78, 5) is 34.9. The Labute approximate surface area is 120 Å². The lowest BCUT2D eigenvalue weighted by Crippen LogP contribution is -2.40. The van der Waals surface area contributed by atoms with Gasteiger partial charge in [0.25, 0.3) is 5.91 Å². The van der Waals surface area contributed by atoms with Gasteiger partial charge in [0, 0.05) is 6.07 Å². The minimum atomic E-state index is -1.12. The summed E-state index contributed by atoms with van der Waals surface area (Å²) in [6.07, 6.45) is 0.914. The fourth-order valence-electron chi connectivity index (χ4n) is 1.99. The van der Waals surface area contributed by atoms with Crippen LogP contribution in [0.15, 0.2) is 39.5 Å². The summed E-state index contributed by atoms with van der Waals surface area (Å²) in [5.74, 6) is -2.02. The van der Waals surface area contributed by atoms with E-state index in [1.165, 1.54) is 0 Å². The molecule has 0 bridgehead atoms. The zero-order valence-electron chi connectivity index (χ0n) is 11.5. The molecule has 1 aromatic carbocycles. The van der Waals surface area contributed by atoms with Crippen molar-refractivity contribution >= 4 is 22.8 Å². The normalized spacial score (nSPS) is 12.0. The van der Waals surface area contributed by atoms with Gasteiger partial charge in [-0.2, -0.15) is 0 Å². The van der Waals surface area contributed by atoms with Crippen LogP contribution < -0.4 is 10.7 Å². The lowest BCUT2D eigenvalue weighted by Gasteiger charge is -2.12. The number of fused-ring (bicyclic) bond motifs is 1. The van der Waals surface area contributed by atoms with Gasteiger partial charge in [0.15, 0.2) is 11.2 Å². The number of carbonyl (C=O) groups excluding carboxylic acids is 1. The van der Waals surface area contributed by atoms with Gasteiger partial charge < -0.3 is 14.8 Å². The van der Waals surface area contributed by atoms with Gasteiger partial charge in [-0.05, 0) is 18.6 Å². The highest BCUT2D eigenvalue weighted by molar-refractivity contribution is 5.95. The van der Waals surface area contributed by atoms with Crippen LogP contribution in [0.3, 0.4) is 0 Å². The van der Waals surface area contributed by atoms with Gasteiger partial charge in [-0.1, -0.05) is 25.5 Å². The summed E-state index contributed by atoms with van der Waals surface area (Å²) in [5, 5.41) is 11.7. The fraction of sp³-hybridized carbons (Fsp3) is 0.267. The van der Waals surface area contributed by atoms with Crippen LogP contribution in [-0.4, -0.2) is 23.0 Å². The second kappa shape index (κ2) is 6.21. The predicted octanol–water partition coefficient (Wildman–Crippen LogP) is 1.78. The monoisotopic (exact) mass is 289 g/mol. The van der Waals surface area contributed by atoms with E-state index in [1.807, 2.05) is 6.92 Å². The Bertz CT molecular complexity index is 734. The van der Waals surface area contributed by atoms with Crippen LogP contribution in [0, 0.1) is 0 Å². The lowest BCUT2D eigenvalue weighted by molar-refractivity contribution is -0.139. The van der Waals surface area contributed by atoms with E-state index in [0.29, 0.717) is 18.2 Å². The van der Waals surface area contributed by atoms with E-state index in [0.717, 1.165) is 6.07 Å². The number of carbonyl (C=O) groups is 2. The highest BCUT2D eigenvalue weighted by atomic mass is 16.4. The highest BCUT2D eigenvalue weighted by Gasteiger charge is 2.21. The van der Waals surface area contributed by atoms with E-state index in [2.05, 4.69) is 5.32 Å². The van der Waals surface area contributed by atoms with Crippen molar-refractivity contribution < 1.29 is 19.1 Å². The Kier molecular flexibility index (Phi) is 4.37. The maximum Gasteiger partial charge on any atom is 0.326 e. The van der Waals surface area contributed by atoms with Crippen LogP contribution in [0.2, 0.25) is 0 Å². The molecule has 6 heteroatoms. The Morgan fingerprint density at radius 1 is 1.33 bits per heavy atom. The molecule has 2 rings (SSSR count). The Morgan fingerprint density at radius 2 is 2.05 bits per heavy atom.